The lowest BCUT2D eigenvalue weighted by Gasteiger charge is -2.16. The van der Waals surface area contributed by atoms with Crippen LogP contribution in [0.15, 0.2) is 6.07 Å². The number of aryl methyl sites for hydroxylation is 1. The van der Waals surface area contributed by atoms with Crippen molar-refractivity contribution in [2.75, 3.05) is 11.5 Å². The van der Waals surface area contributed by atoms with Gasteiger partial charge in [-0.1, -0.05) is 6.92 Å². The molecule has 2 aliphatic rings. The van der Waals surface area contributed by atoms with Crippen LogP contribution in [0.5, 0.6) is 0 Å². The van der Waals surface area contributed by atoms with Crippen LogP contribution >= 0.6 is 11.3 Å². The van der Waals surface area contributed by atoms with Gasteiger partial charge in [-0.05, 0) is 43.2 Å². The molecule has 0 unspecified atom stereocenters. The molecule has 1 aliphatic carbocycles. The van der Waals surface area contributed by atoms with Crippen molar-refractivity contribution < 1.29 is 18.0 Å². The van der Waals surface area contributed by atoms with Gasteiger partial charge in [0.25, 0.3) is 5.91 Å². The van der Waals surface area contributed by atoms with E-state index in [0.29, 0.717) is 17.2 Å². The summed E-state index contributed by atoms with van der Waals surface area (Å²) in [4.78, 5) is 25.9. The van der Waals surface area contributed by atoms with Crippen LogP contribution in [0.2, 0.25) is 0 Å². The Morgan fingerprint density at radius 2 is 2.04 bits per heavy atom. The highest BCUT2D eigenvalue weighted by molar-refractivity contribution is 7.91. The summed E-state index contributed by atoms with van der Waals surface area (Å²) in [5, 5.41) is 0. The Hall–Kier alpha value is -1.41. The SMILES string of the molecule is C[C@H]1CCc2sc(C(=O)NNC(=O)[C@@H]3CCS(=O)(=O)C3)cc2C1. The number of hydrogen-bond acceptors (Lipinski definition) is 5. The number of carbonyl (C=O) groups is 2. The van der Waals surface area contributed by atoms with E-state index in [9.17, 15) is 18.0 Å². The van der Waals surface area contributed by atoms with E-state index < -0.39 is 21.7 Å². The van der Waals surface area contributed by atoms with Crippen LogP contribution < -0.4 is 10.9 Å². The normalized spacial score (nSPS) is 25.6. The molecule has 8 heteroatoms. The van der Waals surface area contributed by atoms with Crippen molar-refractivity contribution in [3.05, 3.63) is 21.4 Å². The van der Waals surface area contributed by atoms with Gasteiger partial charge in [-0.25, -0.2) is 8.42 Å². The molecule has 0 spiro atoms. The molecule has 2 heterocycles. The van der Waals surface area contributed by atoms with Crippen molar-refractivity contribution in [3.8, 4) is 0 Å². The molecular weight excluding hydrogens is 336 g/mol. The van der Waals surface area contributed by atoms with Crippen LogP contribution in [0, 0.1) is 11.8 Å². The highest BCUT2D eigenvalue weighted by atomic mass is 32.2. The minimum absolute atomic E-state index is 0.0366. The molecule has 1 fully saturated rings. The van der Waals surface area contributed by atoms with Crippen LogP contribution in [-0.2, 0) is 27.5 Å². The van der Waals surface area contributed by atoms with Crippen LogP contribution in [-0.4, -0.2) is 31.7 Å². The molecule has 23 heavy (non-hydrogen) atoms. The predicted octanol–water partition coefficient (Wildman–Crippen LogP) is 1.07. The van der Waals surface area contributed by atoms with E-state index in [1.54, 1.807) is 0 Å². The zero-order chi connectivity index (χ0) is 16.6. The third-order valence-corrected chi connectivity index (χ3v) is 7.46. The lowest BCUT2D eigenvalue weighted by atomic mass is 9.90. The monoisotopic (exact) mass is 356 g/mol. The average Bonchev–Trinajstić information content (AvgIpc) is 3.07. The Labute approximate surface area is 139 Å². The summed E-state index contributed by atoms with van der Waals surface area (Å²) >= 11 is 1.47. The first-order valence-electron chi connectivity index (χ1n) is 7.76. The molecule has 0 saturated carbocycles. The van der Waals surface area contributed by atoms with Gasteiger partial charge in [0.1, 0.15) is 0 Å². The fraction of sp³-hybridized carbons (Fsp3) is 0.600. The van der Waals surface area contributed by atoms with Crippen molar-refractivity contribution in [1.82, 2.24) is 10.9 Å². The Kier molecular flexibility index (Phi) is 4.46. The zero-order valence-corrected chi connectivity index (χ0v) is 14.6. The minimum Gasteiger partial charge on any atom is -0.273 e. The molecule has 2 amide bonds. The van der Waals surface area contributed by atoms with Crippen molar-refractivity contribution in [3.63, 3.8) is 0 Å². The zero-order valence-electron chi connectivity index (χ0n) is 12.9. The van der Waals surface area contributed by atoms with Gasteiger partial charge in [-0.3, -0.25) is 20.4 Å². The summed E-state index contributed by atoms with van der Waals surface area (Å²) in [5.74, 6) is -0.815. The first kappa shape index (κ1) is 16.4. The van der Waals surface area contributed by atoms with Crippen molar-refractivity contribution in [2.24, 2.45) is 11.8 Å². The summed E-state index contributed by atoms with van der Waals surface area (Å²) in [6.45, 7) is 2.20. The van der Waals surface area contributed by atoms with Gasteiger partial charge < -0.3 is 0 Å². The predicted molar refractivity (Wildman–Crippen MR) is 87.9 cm³/mol. The van der Waals surface area contributed by atoms with Gasteiger partial charge in [0.05, 0.1) is 22.3 Å². The van der Waals surface area contributed by atoms with Gasteiger partial charge in [-0.2, -0.15) is 0 Å². The lowest BCUT2D eigenvalue weighted by Crippen LogP contribution is -2.44. The molecule has 0 bridgehead atoms. The maximum absolute atomic E-state index is 12.2. The Morgan fingerprint density at radius 1 is 1.26 bits per heavy atom. The second-order valence-corrected chi connectivity index (χ2v) is 9.82. The van der Waals surface area contributed by atoms with E-state index in [0.717, 1.165) is 19.3 Å². The Bertz CT molecular complexity index is 739. The van der Waals surface area contributed by atoms with Crippen molar-refractivity contribution in [2.45, 2.75) is 32.6 Å². The molecule has 1 aliphatic heterocycles. The summed E-state index contributed by atoms with van der Waals surface area (Å²) in [7, 11) is -3.11. The number of fused-ring (bicyclic) bond motifs is 1. The second kappa shape index (κ2) is 6.24. The van der Waals surface area contributed by atoms with Gasteiger partial charge in [0, 0.05) is 4.88 Å². The topological polar surface area (TPSA) is 92.3 Å². The van der Waals surface area contributed by atoms with Gasteiger partial charge in [-0.15, -0.1) is 11.3 Å². The highest BCUT2D eigenvalue weighted by Gasteiger charge is 2.33. The largest absolute Gasteiger partial charge is 0.279 e. The van der Waals surface area contributed by atoms with Crippen LogP contribution in [0.4, 0.5) is 0 Å². The number of nitrogens with one attached hydrogen (secondary N) is 2. The highest BCUT2D eigenvalue weighted by Crippen LogP contribution is 2.32. The molecular formula is C15H20N2O4S2. The molecule has 3 rings (SSSR count). The number of hydrogen-bond donors (Lipinski definition) is 2. The molecule has 1 aromatic heterocycles. The molecule has 6 nitrogen and oxygen atoms in total. The molecule has 0 aromatic carbocycles. The van der Waals surface area contributed by atoms with E-state index in [4.69, 9.17) is 0 Å². The number of hydrazine groups is 1. The Balaban J connectivity index is 1.57. The third kappa shape index (κ3) is 3.74. The van der Waals surface area contributed by atoms with E-state index in [-0.39, 0.29) is 17.4 Å². The average molecular weight is 356 g/mol. The maximum Gasteiger partial charge on any atom is 0.279 e. The molecule has 1 aromatic rings. The van der Waals surface area contributed by atoms with E-state index in [2.05, 4.69) is 17.8 Å². The standard InChI is InChI=1S/C15H20N2O4S2/c1-9-2-3-12-11(6-9)7-13(22-12)15(19)17-16-14(18)10-4-5-23(20,21)8-10/h7,9-10H,2-6,8H2,1H3,(H,16,18)(H,17,19)/t9-,10+/m0/s1. The summed E-state index contributed by atoms with van der Waals surface area (Å²) in [6.07, 6.45) is 3.45. The summed E-state index contributed by atoms with van der Waals surface area (Å²) in [5.41, 5.74) is 5.98. The molecule has 126 valence electrons. The van der Waals surface area contributed by atoms with Gasteiger partial charge >= 0.3 is 0 Å². The summed E-state index contributed by atoms with van der Waals surface area (Å²) < 4.78 is 22.8. The number of amides is 2. The smallest absolute Gasteiger partial charge is 0.273 e. The van der Waals surface area contributed by atoms with Crippen molar-refractivity contribution in [1.29, 1.82) is 0 Å². The van der Waals surface area contributed by atoms with E-state index in [1.807, 2.05) is 6.07 Å². The van der Waals surface area contributed by atoms with Crippen LogP contribution in [0.3, 0.4) is 0 Å². The fourth-order valence-corrected chi connectivity index (χ4v) is 5.95. The number of thiophene rings is 1. The first-order valence-corrected chi connectivity index (χ1v) is 10.4. The lowest BCUT2D eigenvalue weighted by molar-refractivity contribution is -0.125. The number of carbonyl (C=O) groups excluding carboxylic acids is 2. The molecule has 0 radical (unpaired) electrons. The molecule has 1 saturated heterocycles. The van der Waals surface area contributed by atoms with E-state index in [1.165, 1.54) is 21.8 Å². The second-order valence-electron chi connectivity index (χ2n) is 6.45. The minimum atomic E-state index is -3.11. The van der Waals surface area contributed by atoms with Crippen molar-refractivity contribution >= 4 is 33.0 Å². The van der Waals surface area contributed by atoms with Gasteiger partial charge in [0.15, 0.2) is 9.84 Å². The fourth-order valence-electron chi connectivity index (χ4n) is 3.10. The Morgan fingerprint density at radius 3 is 2.74 bits per heavy atom. The number of rotatable bonds is 2. The number of sulfone groups is 1. The quantitative estimate of drug-likeness (QED) is 0.775. The van der Waals surface area contributed by atoms with Gasteiger partial charge in [0.2, 0.25) is 5.91 Å². The first-order chi connectivity index (χ1) is 10.8. The maximum atomic E-state index is 12.2. The van der Waals surface area contributed by atoms with Crippen LogP contribution in [0.25, 0.3) is 0 Å². The van der Waals surface area contributed by atoms with Crippen LogP contribution in [0.1, 0.15) is 39.9 Å². The molecule has 2 N–H and O–H groups in total. The summed E-state index contributed by atoms with van der Waals surface area (Å²) in [6, 6.07) is 1.90. The molecule has 2 atom stereocenters. The van der Waals surface area contributed by atoms with E-state index >= 15 is 0 Å². The third-order valence-electron chi connectivity index (χ3n) is 4.46.